The van der Waals surface area contributed by atoms with Gasteiger partial charge in [0.2, 0.25) is 5.91 Å². The quantitative estimate of drug-likeness (QED) is 0.708. The van der Waals surface area contributed by atoms with Crippen LogP contribution in [0.15, 0.2) is 35.4 Å². The van der Waals surface area contributed by atoms with Crippen LogP contribution < -0.4 is 10.9 Å². The van der Waals surface area contributed by atoms with Crippen molar-refractivity contribution in [2.75, 3.05) is 6.54 Å². The van der Waals surface area contributed by atoms with Crippen LogP contribution >= 0.6 is 11.3 Å². The number of carbonyl (C=O) groups excluding carboxylic acids is 1. The highest BCUT2D eigenvalue weighted by Gasteiger charge is 2.13. The first-order valence-corrected chi connectivity index (χ1v) is 9.99. The first kappa shape index (κ1) is 19.3. The molecule has 0 radical (unpaired) electrons. The Morgan fingerprint density at radius 2 is 1.93 bits per heavy atom. The molecule has 0 aliphatic heterocycles. The van der Waals surface area contributed by atoms with Crippen molar-refractivity contribution >= 4 is 27.5 Å². The fourth-order valence-corrected chi connectivity index (χ4v) is 4.00. The Kier molecular flexibility index (Phi) is 5.75. The number of fused-ring (bicyclic) bond motifs is 1. The summed E-state index contributed by atoms with van der Waals surface area (Å²) in [7, 11) is 0. The number of thiophene rings is 1. The lowest BCUT2D eigenvalue weighted by Crippen LogP contribution is -2.33. The van der Waals surface area contributed by atoms with Crippen molar-refractivity contribution < 1.29 is 4.79 Å². The van der Waals surface area contributed by atoms with E-state index < -0.39 is 0 Å². The molecule has 0 aliphatic rings. The number of amides is 1. The fourth-order valence-electron chi connectivity index (χ4n) is 3.01. The number of aromatic nitrogens is 2. The summed E-state index contributed by atoms with van der Waals surface area (Å²) < 4.78 is 1.38. The predicted octanol–water partition coefficient (Wildman–Crippen LogP) is 3.56. The first-order chi connectivity index (χ1) is 12.9. The molecule has 3 aromatic rings. The van der Waals surface area contributed by atoms with Crippen LogP contribution in [0.3, 0.4) is 0 Å². The summed E-state index contributed by atoms with van der Waals surface area (Å²) in [5.74, 6) is 0.334. The van der Waals surface area contributed by atoms with Gasteiger partial charge in [-0.05, 0) is 42.9 Å². The molecule has 0 aliphatic carbocycles. The van der Waals surface area contributed by atoms with Gasteiger partial charge in [-0.15, -0.1) is 11.3 Å². The Morgan fingerprint density at radius 1 is 1.22 bits per heavy atom. The van der Waals surface area contributed by atoms with Gasteiger partial charge in [0.25, 0.3) is 5.56 Å². The largest absolute Gasteiger partial charge is 0.354 e. The summed E-state index contributed by atoms with van der Waals surface area (Å²) in [6.45, 7) is 8.77. The average Bonchev–Trinajstić information content (AvgIpc) is 2.93. The molecular formula is C21H25N3O2S. The third-order valence-electron chi connectivity index (χ3n) is 4.85. The van der Waals surface area contributed by atoms with Crippen LogP contribution in [0.1, 0.15) is 41.3 Å². The molecule has 0 fully saturated rings. The van der Waals surface area contributed by atoms with Gasteiger partial charge in [-0.3, -0.25) is 14.2 Å². The van der Waals surface area contributed by atoms with Crippen molar-refractivity contribution in [3.05, 3.63) is 62.5 Å². The molecule has 0 unspecified atom stereocenters. The lowest BCUT2D eigenvalue weighted by Gasteiger charge is -2.09. The number of carbonyl (C=O) groups is 1. The maximum atomic E-state index is 12.6. The molecule has 1 amide bonds. The lowest BCUT2D eigenvalue weighted by molar-refractivity contribution is -0.121. The van der Waals surface area contributed by atoms with Crippen LogP contribution in [0.4, 0.5) is 0 Å². The first-order valence-electron chi connectivity index (χ1n) is 9.17. The Balaban J connectivity index is 1.59. The van der Waals surface area contributed by atoms with Gasteiger partial charge in [0, 0.05) is 11.4 Å². The van der Waals surface area contributed by atoms with Gasteiger partial charge >= 0.3 is 0 Å². The van der Waals surface area contributed by atoms with Crippen molar-refractivity contribution in [2.24, 2.45) is 0 Å². The summed E-state index contributed by atoms with van der Waals surface area (Å²) in [5, 5.41) is 3.51. The second-order valence-corrected chi connectivity index (χ2v) is 8.34. The second-order valence-electron chi connectivity index (χ2n) is 7.14. The molecule has 0 atom stereocenters. The van der Waals surface area contributed by atoms with E-state index in [2.05, 4.69) is 48.4 Å². The van der Waals surface area contributed by atoms with Crippen molar-refractivity contribution in [3.8, 4) is 0 Å². The third-order valence-corrected chi connectivity index (χ3v) is 5.97. The molecule has 0 bridgehead atoms. The van der Waals surface area contributed by atoms with E-state index in [9.17, 15) is 9.59 Å². The van der Waals surface area contributed by atoms with Gasteiger partial charge in [0.15, 0.2) is 0 Å². The van der Waals surface area contributed by atoms with E-state index in [1.54, 1.807) is 0 Å². The fraction of sp³-hybridized carbons (Fsp3) is 0.381. The Bertz CT molecular complexity index is 1020. The number of hydrogen-bond donors (Lipinski definition) is 1. The summed E-state index contributed by atoms with van der Waals surface area (Å²) in [4.78, 5) is 31.0. The highest BCUT2D eigenvalue weighted by molar-refractivity contribution is 7.18. The molecular weight excluding hydrogens is 358 g/mol. The van der Waals surface area contributed by atoms with Crippen LogP contribution in [0.2, 0.25) is 0 Å². The number of nitrogens with zero attached hydrogens (tertiary/aromatic N) is 2. The molecule has 3 rings (SSSR count). The van der Waals surface area contributed by atoms with Gasteiger partial charge in [-0.1, -0.05) is 38.1 Å². The molecule has 2 heterocycles. The summed E-state index contributed by atoms with van der Waals surface area (Å²) >= 11 is 1.51. The molecule has 2 aromatic heterocycles. The molecule has 142 valence electrons. The molecule has 0 saturated carbocycles. The number of rotatable bonds is 6. The monoisotopic (exact) mass is 383 g/mol. The van der Waals surface area contributed by atoms with Crippen LogP contribution in [-0.4, -0.2) is 22.0 Å². The molecule has 6 heteroatoms. The number of benzene rings is 1. The van der Waals surface area contributed by atoms with Crippen molar-refractivity contribution in [1.29, 1.82) is 0 Å². The molecule has 1 N–H and O–H groups in total. The summed E-state index contributed by atoms with van der Waals surface area (Å²) in [6.07, 6.45) is 2.23. The molecule has 0 spiro atoms. The third kappa shape index (κ3) is 4.27. The van der Waals surface area contributed by atoms with Crippen LogP contribution in [0.25, 0.3) is 10.2 Å². The standard InChI is InChI=1S/C21H25N3O2S/c1-13(2)17-7-5-16(6-8-17)9-10-22-18(25)11-24-12-23-20-19(21(24)26)14(3)15(4)27-20/h5-8,12-13H,9-11H2,1-4H3,(H,22,25). The smallest absolute Gasteiger partial charge is 0.262 e. The van der Waals surface area contributed by atoms with Crippen LogP contribution in [0, 0.1) is 13.8 Å². The van der Waals surface area contributed by atoms with E-state index in [4.69, 9.17) is 0 Å². The van der Waals surface area contributed by atoms with Crippen LogP contribution in [0.5, 0.6) is 0 Å². The predicted molar refractivity (Wildman–Crippen MR) is 111 cm³/mol. The Hall–Kier alpha value is -2.47. The topological polar surface area (TPSA) is 64.0 Å². The lowest BCUT2D eigenvalue weighted by atomic mass is 10.0. The molecule has 5 nitrogen and oxygen atoms in total. The van der Waals surface area contributed by atoms with Gasteiger partial charge in [-0.25, -0.2) is 4.98 Å². The number of aryl methyl sites for hydroxylation is 2. The van der Waals surface area contributed by atoms with E-state index in [1.165, 1.54) is 33.4 Å². The van der Waals surface area contributed by atoms with Gasteiger partial charge < -0.3 is 5.32 Å². The van der Waals surface area contributed by atoms with Crippen LogP contribution in [-0.2, 0) is 17.8 Å². The highest BCUT2D eigenvalue weighted by atomic mass is 32.1. The minimum Gasteiger partial charge on any atom is -0.354 e. The normalized spacial score (nSPS) is 11.3. The van der Waals surface area contributed by atoms with E-state index in [-0.39, 0.29) is 18.0 Å². The zero-order valence-electron chi connectivity index (χ0n) is 16.2. The Labute approximate surface area is 163 Å². The summed E-state index contributed by atoms with van der Waals surface area (Å²) in [6, 6.07) is 8.47. The van der Waals surface area contributed by atoms with Crippen molar-refractivity contribution in [2.45, 2.75) is 46.6 Å². The summed E-state index contributed by atoms with van der Waals surface area (Å²) in [5.41, 5.74) is 3.29. The van der Waals surface area contributed by atoms with Gasteiger partial charge in [0.1, 0.15) is 11.4 Å². The van der Waals surface area contributed by atoms with Crippen molar-refractivity contribution in [3.63, 3.8) is 0 Å². The molecule has 0 saturated heterocycles. The maximum Gasteiger partial charge on any atom is 0.262 e. The number of hydrogen-bond acceptors (Lipinski definition) is 4. The van der Waals surface area contributed by atoms with Gasteiger partial charge in [-0.2, -0.15) is 0 Å². The van der Waals surface area contributed by atoms with E-state index in [0.29, 0.717) is 17.8 Å². The zero-order chi connectivity index (χ0) is 19.6. The zero-order valence-corrected chi connectivity index (χ0v) is 17.0. The second kappa shape index (κ2) is 8.05. The molecule has 27 heavy (non-hydrogen) atoms. The van der Waals surface area contributed by atoms with E-state index >= 15 is 0 Å². The Morgan fingerprint density at radius 3 is 2.59 bits per heavy atom. The molecule has 1 aromatic carbocycles. The van der Waals surface area contributed by atoms with Gasteiger partial charge in [0.05, 0.1) is 11.7 Å². The van der Waals surface area contributed by atoms with E-state index in [0.717, 1.165) is 21.7 Å². The average molecular weight is 384 g/mol. The minimum atomic E-state index is -0.179. The number of nitrogens with one attached hydrogen (secondary N) is 1. The SMILES string of the molecule is Cc1sc2ncn(CC(=O)NCCc3ccc(C(C)C)cc3)c(=O)c2c1C. The maximum absolute atomic E-state index is 12.6. The minimum absolute atomic E-state index is 0.0115. The van der Waals surface area contributed by atoms with E-state index in [1.807, 2.05) is 13.8 Å². The van der Waals surface area contributed by atoms with Crippen molar-refractivity contribution in [1.82, 2.24) is 14.9 Å². The highest BCUT2D eigenvalue weighted by Crippen LogP contribution is 2.25.